The van der Waals surface area contributed by atoms with Crippen molar-refractivity contribution in [2.75, 3.05) is 5.32 Å². The van der Waals surface area contributed by atoms with Gasteiger partial charge in [-0.3, -0.25) is 9.59 Å². The molecule has 0 bridgehead atoms. The van der Waals surface area contributed by atoms with Crippen molar-refractivity contribution < 1.29 is 14.7 Å². The molecule has 1 aromatic heterocycles. The number of nitrogens with zero attached hydrogens (tertiary/aromatic N) is 2. The summed E-state index contributed by atoms with van der Waals surface area (Å²) in [6.07, 6.45) is 1.07. The van der Waals surface area contributed by atoms with E-state index in [4.69, 9.17) is 11.5 Å². The van der Waals surface area contributed by atoms with Crippen molar-refractivity contribution >= 4 is 23.3 Å². The van der Waals surface area contributed by atoms with Gasteiger partial charge in [-0.05, 0) is 12.1 Å². The number of phenols is 1. The first kappa shape index (κ1) is 13.3. The van der Waals surface area contributed by atoms with E-state index >= 15 is 0 Å². The van der Waals surface area contributed by atoms with E-state index in [1.54, 1.807) is 12.1 Å². The van der Waals surface area contributed by atoms with Gasteiger partial charge in [0.15, 0.2) is 11.5 Å². The molecule has 6 N–H and O–H groups in total. The number of carbonyl (C=O) groups excluding carboxylic acids is 2. The first-order valence-corrected chi connectivity index (χ1v) is 5.50. The number of phenolic OH excluding ortho intramolecular Hbond substituents is 1. The highest BCUT2D eigenvalue weighted by Gasteiger charge is 2.15. The average molecular weight is 273 g/mol. The number of anilines is 2. The predicted octanol–water partition coefficient (Wildman–Crippen LogP) is 0.124. The number of carbonyl (C=O) groups is 2. The van der Waals surface area contributed by atoms with Gasteiger partial charge in [-0.2, -0.15) is 0 Å². The van der Waals surface area contributed by atoms with E-state index in [1.165, 1.54) is 12.1 Å². The Morgan fingerprint density at radius 2 is 1.95 bits per heavy atom. The van der Waals surface area contributed by atoms with Gasteiger partial charge >= 0.3 is 0 Å². The van der Waals surface area contributed by atoms with Crippen molar-refractivity contribution in [3.63, 3.8) is 0 Å². The van der Waals surface area contributed by atoms with E-state index in [2.05, 4.69) is 15.3 Å². The zero-order valence-corrected chi connectivity index (χ0v) is 10.2. The number of primary amides is 2. The number of nitrogens with one attached hydrogen (secondary N) is 1. The minimum absolute atomic E-state index is 0.0144. The van der Waals surface area contributed by atoms with Crippen LogP contribution >= 0.6 is 0 Å². The fourth-order valence-corrected chi connectivity index (χ4v) is 1.50. The average Bonchev–Trinajstić information content (AvgIpc) is 2.38. The number of aromatic nitrogens is 2. The van der Waals surface area contributed by atoms with Gasteiger partial charge in [0.2, 0.25) is 0 Å². The van der Waals surface area contributed by atoms with Crippen molar-refractivity contribution in [2.45, 2.75) is 0 Å². The summed E-state index contributed by atoms with van der Waals surface area (Å²) in [4.78, 5) is 30.0. The third-order valence-electron chi connectivity index (χ3n) is 2.37. The number of benzene rings is 1. The number of aromatic hydroxyl groups is 1. The van der Waals surface area contributed by atoms with Gasteiger partial charge in [0.05, 0.1) is 6.20 Å². The van der Waals surface area contributed by atoms with Crippen molar-refractivity contribution in [1.29, 1.82) is 0 Å². The van der Waals surface area contributed by atoms with Gasteiger partial charge in [0, 0.05) is 11.8 Å². The molecule has 2 aromatic rings. The fourth-order valence-electron chi connectivity index (χ4n) is 1.50. The molecule has 0 saturated heterocycles. The van der Waals surface area contributed by atoms with Crippen molar-refractivity contribution in [3.05, 3.63) is 41.9 Å². The molecular formula is C12H11N5O3. The Hall–Kier alpha value is -3.16. The molecule has 0 unspecified atom stereocenters. The quantitative estimate of drug-likeness (QED) is 0.622. The molecule has 0 aliphatic carbocycles. The van der Waals surface area contributed by atoms with E-state index in [9.17, 15) is 14.7 Å². The van der Waals surface area contributed by atoms with Gasteiger partial charge in [-0.25, -0.2) is 9.97 Å². The molecule has 2 amide bonds. The standard InChI is InChI=1S/C12H11N5O3/c13-10(19)8-5-15-9(11(14)20)12(17-8)16-6-2-1-3-7(18)4-6/h1-5,18H,(H2,13,19)(H2,14,20)(H,16,17). The lowest BCUT2D eigenvalue weighted by atomic mass is 10.3. The molecule has 0 atom stereocenters. The lowest BCUT2D eigenvalue weighted by Gasteiger charge is -2.09. The highest BCUT2D eigenvalue weighted by Crippen LogP contribution is 2.21. The molecular weight excluding hydrogens is 262 g/mol. The van der Waals surface area contributed by atoms with Crippen LogP contribution in [0.1, 0.15) is 21.0 Å². The van der Waals surface area contributed by atoms with Gasteiger partial charge in [0.1, 0.15) is 11.4 Å². The SMILES string of the molecule is NC(=O)c1cnc(C(N)=O)c(Nc2cccc(O)c2)n1. The minimum atomic E-state index is -0.809. The van der Waals surface area contributed by atoms with Gasteiger partial charge < -0.3 is 21.9 Å². The summed E-state index contributed by atoms with van der Waals surface area (Å²) in [5.74, 6) is -1.59. The highest BCUT2D eigenvalue weighted by atomic mass is 16.3. The second-order valence-electron chi connectivity index (χ2n) is 3.86. The molecule has 1 heterocycles. The first-order chi connectivity index (χ1) is 9.47. The molecule has 1 aromatic carbocycles. The lowest BCUT2D eigenvalue weighted by molar-refractivity contribution is 0.0981. The van der Waals surface area contributed by atoms with Crippen molar-refractivity contribution in [2.24, 2.45) is 11.5 Å². The second-order valence-corrected chi connectivity index (χ2v) is 3.86. The van der Waals surface area contributed by atoms with Crippen LogP contribution < -0.4 is 16.8 Å². The van der Waals surface area contributed by atoms with Crippen LogP contribution in [0.3, 0.4) is 0 Å². The minimum Gasteiger partial charge on any atom is -0.508 e. The Bertz CT molecular complexity index is 687. The molecule has 0 aliphatic rings. The summed E-state index contributed by atoms with van der Waals surface area (Å²) < 4.78 is 0. The Morgan fingerprint density at radius 3 is 2.55 bits per heavy atom. The van der Waals surface area contributed by atoms with Crippen LogP contribution in [0.15, 0.2) is 30.5 Å². The number of rotatable bonds is 4. The summed E-state index contributed by atoms with van der Waals surface area (Å²) in [5.41, 5.74) is 10.5. The number of hydrogen-bond donors (Lipinski definition) is 4. The number of hydrogen-bond acceptors (Lipinski definition) is 6. The van der Waals surface area contributed by atoms with Crippen LogP contribution in [0, 0.1) is 0 Å². The Labute approximate surface area is 113 Å². The summed E-state index contributed by atoms with van der Waals surface area (Å²) in [7, 11) is 0. The summed E-state index contributed by atoms with van der Waals surface area (Å²) >= 11 is 0. The first-order valence-electron chi connectivity index (χ1n) is 5.50. The van der Waals surface area contributed by atoms with E-state index in [1.807, 2.05) is 0 Å². The topological polar surface area (TPSA) is 144 Å². The second kappa shape index (κ2) is 5.22. The van der Waals surface area contributed by atoms with Crippen LogP contribution in [-0.2, 0) is 0 Å². The van der Waals surface area contributed by atoms with Crippen LogP contribution in [0.5, 0.6) is 5.75 Å². The molecule has 0 radical (unpaired) electrons. The third-order valence-corrected chi connectivity index (χ3v) is 2.37. The molecule has 8 nitrogen and oxygen atoms in total. The normalized spacial score (nSPS) is 10.0. The summed E-state index contributed by atoms with van der Waals surface area (Å²) in [6, 6.07) is 6.10. The Kier molecular flexibility index (Phi) is 3.47. The zero-order chi connectivity index (χ0) is 14.7. The van der Waals surface area contributed by atoms with Crippen LogP contribution in [0.4, 0.5) is 11.5 Å². The van der Waals surface area contributed by atoms with Gasteiger partial charge in [0.25, 0.3) is 11.8 Å². The maximum Gasteiger partial charge on any atom is 0.271 e. The molecule has 2 rings (SSSR count). The van der Waals surface area contributed by atoms with E-state index in [-0.39, 0.29) is 23.0 Å². The summed E-state index contributed by atoms with van der Waals surface area (Å²) in [6.45, 7) is 0. The maximum atomic E-state index is 11.3. The van der Waals surface area contributed by atoms with Crippen LogP contribution in [-0.4, -0.2) is 26.9 Å². The van der Waals surface area contributed by atoms with E-state index in [0.29, 0.717) is 5.69 Å². The highest BCUT2D eigenvalue weighted by molar-refractivity contribution is 5.97. The van der Waals surface area contributed by atoms with Gasteiger partial charge in [-0.1, -0.05) is 6.07 Å². The molecule has 0 aliphatic heterocycles. The molecule has 102 valence electrons. The van der Waals surface area contributed by atoms with Crippen molar-refractivity contribution in [3.8, 4) is 5.75 Å². The smallest absolute Gasteiger partial charge is 0.271 e. The molecule has 0 fully saturated rings. The zero-order valence-electron chi connectivity index (χ0n) is 10.2. The summed E-state index contributed by atoms with van der Waals surface area (Å²) in [5, 5.41) is 12.1. The van der Waals surface area contributed by atoms with Crippen LogP contribution in [0.2, 0.25) is 0 Å². The number of amides is 2. The maximum absolute atomic E-state index is 11.3. The molecule has 8 heteroatoms. The van der Waals surface area contributed by atoms with E-state index in [0.717, 1.165) is 6.20 Å². The largest absolute Gasteiger partial charge is 0.508 e. The van der Waals surface area contributed by atoms with Gasteiger partial charge in [-0.15, -0.1) is 0 Å². The predicted molar refractivity (Wildman–Crippen MR) is 70.5 cm³/mol. The number of nitrogens with two attached hydrogens (primary N) is 2. The molecule has 20 heavy (non-hydrogen) atoms. The fraction of sp³-hybridized carbons (Fsp3) is 0. The Morgan fingerprint density at radius 1 is 1.20 bits per heavy atom. The third kappa shape index (κ3) is 2.80. The monoisotopic (exact) mass is 273 g/mol. The lowest BCUT2D eigenvalue weighted by Crippen LogP contribution is -2.20. The molecule has 0 saturated carbocycles. The molecule has 0 spiro atoms. The Balaban J connectivity index is 2.44. The van der Waals surface area contributed by atoms with Crippen molar-refractivity contribution in [1.82, 2.24) is 9.97 Å². The van der Waals surface area contributed by atoms with Crippen LogP contribution in [0.25, 0.3) is 0 Å². The van der Waals surface area contributed by atoms with E-state index < -0.39 is 11.8 Å².